The normalized spacial score (nSPS) is 11.0. The standard InChI is InChI=1S/C11H23Te.BF4/c1-4-7-10-12(9-6-3)11-8-5-2;2-1(3,4)5/h6H,3-5,7-11H2,1-2H3;/q+1;-1. The fourth-order valence-corrected chi connectivity index (χ4v) is 7.60. The first-order chi connectivity index (χ1) is 7.85. The summed E-state index contributed by atoms with van der Waals surface area (Å²) >= 11 is -0.680. The van der Waals surface area contributed by atoms with Crippen LogP contribution in [0.4, 0.5) is 17.3 Å². The van der Waals surface area contributed by atoms with Crippen molar-refractivity contribution in [1.29, 1.82) is 0 Å². The maximum Gasteiger partial charge on any atom is 0.673 e. The molecule has 0 aromatic heterocycles. The van der Waals surface area contributed by atoms with Crippen molar-refractivity contribution >= 4 is 26.8 Å². The number of hydrogen-bond acceptors (Lipinski definition) is 0. The summed E-state index contributed by atoms with van der Waals surface area (Å²) in [5, 5.41) is 0. The molecule has 6 heteroatoms. The van der Waals surface area contributed by atoms with Crippen molar-refractivity contribution in [3.8, 4) is 0 Å². The summed E-state index contributed by atoms with van der Waals surface area (Å²) in [5.41, 5.74) is 0. The van der Waals surface area contributed by atoms with Gasteiger partial charge in [0.1, 0.15) is 0 Å². The van der Waals surface area contributed by atoms with Crippen molar-refractivity contribution in [1.82, 2.24) is 0 Å². The van der Waals surface area contributed by atoms with E-state index in [1.54, 1.807) is 8.94 Å². The summed E-state index contributed by atoms with van der Waals surface area (Å²) in [7, 11) is -6.00. The maximum absolute atomic E-state index is 9.75. The molecule has 0 bridgehead atoms. The predicted octanol–water partition coefficient (Wildman–Crippen LogP) is 5.57. The van der Waals surface area contributed by atoms with E-state index in [0.29, 0.717) is 0 Å². The molecule has 0 aromatic rings. The van der Waals surface area contributed by atoms with Crippen molar-refractivity contribution in [2.75, 3.05) is 0 Å². The van der Waals surface area contributed by atoms with Crippen molar-refractivity contribution in [3.63, 3.8) is 0 Å². The van der Waals surface area contributed by atoms with Crippen molar-refractivity contribution < 1.29 is 17.3 Å². The second-order valence-corrected chi connectivity index (χ2v) is 10.5. The molecule has 0 aliphatic carbocycles. The average Bonchev–Trinajstić information content (AvgIpc) is 2.20. The Morgan fingerprint density at radius 2 is 1.35 bits per heavy atom. The molecule has 0 unspecified atom stereocenters. The van der Waals surface area contributed by atoms with Crippen LogP contribution in [0.25, 0.3) is 0 Å². The Bertz CT molecular complexity index is 159. The number of halogens is 4. The molecule has 0 aliphatic rings. The number of rotatable bonds is 8. The molecule has 0 aromatic carbocycles. The monoisotopic (exact) mass is 372 g/mol. The quantitative estimate of drug-likeness (QED) is 0.298. The zero-order valence-corrected chi connectivity index (χ0v) is 13.1. The van der Waals surface area contributed by atoms with E-state index < -0.39 is 26.8 Å². The predicted molar refractivity (Wildman–Crippen MR) is 70.4 cm³/mol. The second-order valence-electron chi connectivity index (χ2n) is 3.68. The summed E-state index contributed by atoms with van der Waals surface area (Å²) < 4.78 is 43.5. The van der Waals surface area contributed by atoms with Crippen molar-refractivity contribution in [2.24, 2.45) is 0 Å². The minimum Gasteiger partial charge on any atom is -0.418 e. The molecule has 0 spiro atoms. The molecule has 0 atom stereocenters. The summed E-state index contributed by atoms with van der Waals surface area (Å²) in [4.78, 5) is 0. The van der Waals surface area contributed by atoms with Crippen LogP contribution in [0.15, 0.2) is 12.7 Å². The molecule has 0 nitrogen and oxygen atoms in total. The third kappa shape index (κ3) is 26.1. The van der Waals surface area contributed by atoms with Crippen LogP contribution in [-0.4, -0.2) is 26.8 Å². The van der Waals surface area contributed by atoms with Crippen LogP contribution in [0.1, 0.15) is 39.5 Å². The van der Waals surface area contributed by atoms with Gasteiger partial charge in [-0.15, -0.1) is 0 Å². The van der Waals surface area contributed by atoms with Gasteiger partial charge < -0.3 is 17.3 Å². The smallest absolute Gasteiger partial charge is 0.418 e. The Balaban J connectivity index is 0. The van der Waals surface area contributed by atoms with Crippen molar-refractivity contribution in [2.45, 2.75) is 52.9 Å². The van der Waals surface area contributed by atoms with Gasteiger partial charge >= 0.3 is 92.4 Å². The molecule has 0 N–H and O–H groups in total. The molecule has 0 amide bonds. The summed E-state index contributed by atoms with van der Waals surface area (Å²) in [6.07, 6.45) is 7.84. The first kappa shape index (κ1) is 19.6. The first-order valence-electron chi connectivity index (χ1n) is 5.97. The number of hydrogen-bond donors (Lipinski definition) is 0. The molecule has 0 saturated carbocycles. The van der Waals surface area contributed by atoms with Gasteiger partial charge in [0, 0.05) is 0 Å². The van der Waals surface area contributed by atoms with Crippen LogP contribution in [0.5, 0.6) is 0 Å². The molecular formula is C11H23BF4Te. The molecule has 0 heterocycles. The van der Waals surface area contributed by atoms with E-state index in [9.17, 15) is 17.3 Å². The Morgan fingerprint density at radius 3 is 1.59 bits per heavy atom. The molecule has 0 aliphatic heterocycles. The fourth-order valence-electron chi connectivity index (χ4n) is 1.13. The molecule has 0 radical (unpaired) electrons. The van der Waals surface area contributed by atoms with Crippen LogP contribution in [0.2, 0.25) is 13.4 Å². The molecule has 17 heavy (non-hydrogen) atoms. The van der Waals surface area contributed by atoms with Crippen LogP contribution < -0.4 is 0 Å². The Labute approximate surface area is 110 Å². The van der Waals surface area contributed by atoms with Gasteiger partial charge in [-0.1, -0.05) is 0 Å². The molecular weight excluding hydrogens is 347 g/mol. The zero-order chi connectivity index (χ0) is 13.7. The largest absolute Gasteiger partial charge is 0.673 e. The van der Waals surface area contributed by atoms with E-state index in [0.717, 1.165) is 0 Å². The third-order valence-corrected chi connectivity index (χ3v) is 8.89. The van der Waals surface area contributed by atoms with Gasteiger partial charge in [-0.25, -0.2) is 0 Å². The Hall–Kier alpha value is 0.315. The van der Waals surface area contributed by atoms with Gasteiger partial charge in [0.05, 0.1) is 0 Å². The second kappa shape index (κ2) is 12.8. The van der Waals surface area contributed by atoms with Crippen molar-refractivity contribution in [3.05, 3.63) is 12.7 Å². The molecule has 0 fully saturated rings. The molecule has 104 valence electrons. The minimum atomic E-state index is -6.00. The van der Waals surface area contributed by atoms with Crippen LogP contribution in [0, 0.1) is 0 Å². The van der Waals surface area contributed by atoms with Crippen LogP contribution in [0.3, 0.4) is 0 Å². The summed E-state index contributed by atoms with van der Waals surface area (Å²) in [6, 6.07) is 0. The maximum atomic E-state index is 9.75. The summed E-state index contributed by atoms with van der Waals surface area (Å²) in [6.45, 7) is 8.45. The van der Waals surface area contributed by atoms with Gasteiger partial charge in [0.15, 0.2) is 0 Å². The van der Waals surface area contributed by atoms with Gasteiger partial charge in [0.2, 0.25) is 0 Å². The van der Waals surface area contributed by atoms with Gasteiger partial charge in [-0.3, -0.25) is 0 Å². The van der Waals surface area contributed by atoms with E-state index in [1.165, 1.54) is 30.2 Å². The number of unbranched alkanes of at least 4 members (excludes halogenated alkanes) is 2. The van der Waals surface area contributed by atoms with E-state index in [1.807, 2.05) is 0 Å². The Kier molecular flexibility index (Phi) is 14.8. The minimum absolute atomic E-state index is 0.680. The Morgan fingerprint density at radius 1 is 1.00 bits per heavy atom. The molecule has 0 saturated heterocycles. The van der Waals surface area contributed by atoms with Gasteiger partial charge in [-0.2, -0.15) is 0 Å². The van der Waals surface area contributed by atoms with E-state index in [-0.39, 0.29) is 0 Å². The van der Waals surface area contributed by atoms with Gasteiger partial charge in [-0.05, 0) is 0 Å². The van der Waals surface area contributed by atoms with Crippen LogP contribution in [-0.2, 0) is 0 Å². The average molecular weight is 370 g/mol. The SMILES string of the molecule is C=CC[Te+](CCCC)CCCC.F[B-](F)(F)F. The first-order valence-corrected chi connectivity index (χ1v) is 10.9. The third-order valence-electron chi connectivity index (χ3n) is 1.93. The topological polar surface area (TPSA) is 0 Å². The zero-order valence-electron chi connectivity index (χ0n) is 10.7. The summed E-state index contributed by atoms with van der Waals surface area (Å²) in [5.74, 6) is 0. The van der Waals surface area contributed by atoms with Crippen LogP contribution >= 0.6 is 0 Å². The van der Waals surface area contributed by atoms with Gasteiger partial charge in [0.25, 0.3) is 0 Å². The fraction of sp³-hybridized carbons (Fsp3) is 0.818. The van der Waals surface area contributed by atoms with E-state index in [2.05, 4.69) is 26.5 Å². The van der Waals surface area contributed by atoms with E-state index in [4.69, 9.17) is 0 Å². The molecule has 0 rings (SSSR count). The van der Waals surface area contributed by atoms with E-state index >= 15 is 0 Å². The number of allylic oxidation sites excluding steroid dienone is 1.